The van der Waals surface area contributed by atoms with Gasteiger partial charge in [0, 0.05) is 18.5 Å². The van der Waals surface area contributed by atoms with Gasteiger partial charge in [-0.05, 0) is 24.1 Å². The van der Waals surface area contributed by atoms with E-state index in [1.807, 2.05) is 12.3 Å². The van der Waals surface area contributed by atoms with Crippen LogP contribution in [-0.4, -0.2) is 29.0 Å². The molecule has 0 aliphatic heterocycles. The Bertz CT molecular complexity index is 288. The lowest BCUT2D eigenvalue weighted by molar-refractivity contribution is 0.322. The number of aliphatic hydroxyl groups is 1. The van der Waals surface area contributed by atoms with Gasteiger partial charge in [-0.1, -0.05) is 19.9 Å². The van der Waals surface area contributed by atoms with E-state index in [0.717, 1.165) is 18.1 Å². The zero-order chi connectivity index (χ0) is 11.8. The normalized spacial score (nSPS) is 11.0. The molecule has 4 heteroatoms. The summed E-state index contributed by atoms with van der Waals surface area (Å²) in [4.78, 5) is 4.33. The first-order chi connectivity index (χ1) is 7.72. The van der Waals surface area contributed by atoms with E-state index in [4.69, 9.17) is 5.11 Å². The van der Waals surface area contributed by atoms with Crippen LogP contribution in [0.3, 0.4) is 0 Å². The van der Waals surface area contributed by atoms with Crippen molar-refractivity contribution in [3.8, 4) is 0 Å². The molecule has 0 bridgehead atoms. The van der Waals surface area contributed by atoms with E-state index in [1.54, 1.807) is 11.8 Å². The number of aliphatic hydroxyl groups excluding tert-OH is 1. The van der Waals surface area contributed by atoms with Gasteiger partial charge < -0.3 is 10.4 Å². The minimum absolute atomic E-state index is 0.198. The molecule has 1 rings (SSSR count). The number of thioether (sulfide) groups is 1. The molecule has 0 saturated carbocycles. The molecular formula is C12H20N2OS. The Morgan fingerprint density at radius 3 is 2.81 bits per heavy atom. The molecular weight excluding hydrogens is 220 g/mol. The zero-order valence-electron chi connectivity index (χ0n) is 9.94. The van der Waals surface area contributed by atoms with Gasteiger partial charge in [0.1, 0.15) is 0 Å². The molecule has 0 atom stereocenters. The Balaban J connectivity index is 2.33. The molecule has 3 nitrogen and oxygen atoms in total. The molecule has 1 heterocycles. The number of nitrogens with one attached hydrogen (secondary N) is 1. The standard InChI is InChI=1S/C12H20N2OS/c1-10(2)7-13-8-11-3-4-12(14-9-11)16-6-5-15/h3-4,9-10,13,15H,5-8H2,1-2H3. The highest BCUT2D eigenvalue weighted by Gasteiger charge is 1.97. The fourth-order valence-electron chi connectivity index (χ4n) is 1.26. The molecule has 0 spiro atoms. The van der Waals surface area contributed by atoms with Crippen LogP contribution in [0.25, 0.3) is 0 Å². The Hall–Kier alpha value is -0.580. The summed E-state index contributed by atoms with van der Waals surface area (Å²) in [5.41, 5.74) is 1.20. The first-order valence-corrected chi connectivity index (χ1v) is 6.60. The molecule has 1 aromatic rings. The molecule has 0 unspecified atom stereocenters. The van der Waals surface area contributed by atoms with Crippen molar-refractivity contribution in [2.24, 2.45) is 5.92 Å². The van der Waals surface area contributed by atoms with Crippen LogP contribution in [0.15, 0.2) is 23.4 Å². The summed E-state index contributed by atoms with van der Waals surface area (Å²) < 4.78 is 0. The maximum atomic E-state index is 8.69. The fraction of sp³-hybridized carbons (Fsp3) is 0.583. The van der Waals surface area contributed by atoms with Crippen molar-refractivity contribution in [2.75, 3.05) is 18.9 Å². The molecule has 0 fully saturated rings. The number of pyridine rings is 1. The molecule has 0 saturated heterocycles. The van der Waals surface area contributed by atoms with Gasteiger partial charge in [-0.15, -0.1) is 11.8 Å². The summed E-state index contributed by atoms with van der Waals surface area (Å²) in [7, 11) is 0. The van der Waals surface area contributed by atoms with Crippen molar-refractivity contribution >= 4 is 11.8 Å². The lowest BCUT2D eigenvalue weighted by Gasteiger charge is -2.07. The quantitative estimate of drug-likeness (QED) is 0.715. The second-order valence-corrected chi connectivity index (χ2v) is 5.22. The number of nitrogens with zero attached hydrogens (tertiary/aromatic N) is 1. The van der Waals surface area contributed by atoms with Crippen molar-refractivity contribution < 1.29 is 5.11 Å². The topological polar surface area (TPSA) is 45.1 Å². The average Bonchev–Trinajstić information content (AvgIpc) is 2.27. The number of rotatable bonds is 7. The van der Waals surface area contributed by atoms with Crippen molar-refractivity contribution in [1.29, 1.82) is 0 Å². The number of hydrogen-bond donors (Lipinski definition) is 2. The third-order valence-corrected chi connectivity index (χ3v) is 2.94. The summed E-state index contributed by atoms with van der Waals surface area (Å²) in [6, 6.07) is 4.09. The summed E-state index contributed by atoms with van der Waals surface area (Å²) in [5, 5.41) is 13.0. The lowest BCUT2D eigenvalue weighted by atomic mass is 10.2. The van der Waals surface area contributed by atoms with Gasteiger partial charge in [-0.2, -0.15) is 0 Å². The summed E-state index contributed by atoms with van der Waals surface area (Å²) >= 11 is 1.58. The minimum atomic E-state index is 0.198. The highest BCUT2D eigenvalue weighted by Crippen LogP contribution is 2.14. The summed E-state index contributed by atoms with van der Waals surface area (Å²) in [5.74, 6) is 1.38. The molecule has 2 N–H and O–H groups in total. The highest BCUT2D eigenvalue weighted by atomic mass is 32.2. The van der Waals surface area contributed by atoms with Crippen LogP contribution in [0.1, 0.15) is 19.4 Å². The molecule has 0 aliphatic carbocycles. The molecule has 16 heavy (non-hydrogen) atoms. The van der Waals surface area contributed by atoms with Crippen LogP contribution >= 0.6 is 11.8 Å². The van der Waals surface area contributed by atoms with Crippen LogP contribution in [0.4, 0.5) is 0 Å². The van der Waals surface area contributed by atoms with Crippen LogP contribution < -0.4 is 5.32 Å². The van der Waals surface area contributed by atoms with E-state index in [1.165, 1.54) is 5.56 Å². The Labute approximate surface area is 102 Å². The molecule has 0 aliphatic rings. The van der Waals surface area contributed by atoms with Crippen molar-refractivity contribution in [2.45, 2.75) is 25.4 Å². The number of aromatic nitrogens is 1. The molecule has 0 radical (unpaired) electrons. The Morgan fingerprint density at radius 2 is 2.25 bits per heavy atom. The van der Waals surface area contributed by atoms with Gasteiger partial charge in [0.05, 0.1) is 11.6 Å². The molecule has 0 amide bonds. The van der Waals surface area contributed by atoms with Gasteiger partial charge >= 0.3 is 0 Å². The van der Waals surface area contributed by atoms with Crippen LogP contribution in [0.5, 0.6) is 0 Å². The molecule has 1 aromatic heterocycles. The second kappa shape index (κ2) is 7.65. The zero-order valence-corrected chi connectivity index (χ0v) is 10.8. The van der Waals surface area contributed by atoms with E-state index in [0.29, 0.717) is 11.7 Å². The van der Waals surface area contributed by atoms with E-state index in [9.17, 15) is 0 Å². The third kappa shape index (κ3) is 5.49. The monoisotopic (exact) mass is 240 g/mol. The average molecular weight is 240 g/mol. The van der Waals surface area contributed by atoms with Crippen molar-refractivity contribution in [3.63, 3.8) is 0 Å². The Kier molecular flexibility index (Phi) is 6.45. The van der Waals surface area contributed by atoms with Crippen LogP contribution in [-0.2, 0) is 6.54 Å². The SMILES string of the molecule is CC(C)CNCc1ccc(SCCO)nc1. The van der Waals surface area contributed by atoms with Gasteiger partial charge in [0.15, 0.2) is 0 Å². The van der Waals surface area contributed by atoms with E-state index in [-0.39, 0.29) is 6.61 Å². The van der Waals surface area contributed by atoms with Gasteiger partial charge in [0.2, 0.25) is 0 Å². The van der Waals surface area contributed by atoms with Gasteiger partial charge in [0.25, 0.3) is 0 Å². The first-order valence-electron chi connectivity index (χ1n) is 5.61. The Morgan fingerprint density at radius 1 is 1.44 bits per heavy atom. The first kappa shape index (κ1) is 13.5. The second-order valence-electron chi connectivity index (χ2n) is 4.10. The van der Waals surface area contributed by atoms with E-state index in [2.05, 4.69) is 30.2 Å². The molecule has 90 valence electrons. The third-order valence-electron chi connectivity index (χ3n) is 2.02. The van der Waals surface area contributed by atoms with Crippen molar-refractivity contribution in [1.82, 2.24) is 10.3 Å². The maximum absolute atomic E-state index is 8.69. The largest absolute Gasteiger partial charge is 0.396 e. The van der Waals surface area contributed by atoms with Gasteiger partial charge in [-0.25, -0.2) is 4.98 Å². The lowest BCUT2D eigenvalue weighted by Crippen LogP contribution is -2.18. The van der Waals surface area contributed by atoms with Crippen LogP contribution in [0, 0.1) is 5.92 Å². The van der Waals surface area contributed by atoms with Gasteiger partial charge in [-0.3, -0.25) is 0 Å². The van der Waals surface area contributed by atoms with Crippen molar-refractivity contribution in [3.05, 3.63) is 23.9 Å². The van der Waals surface area contributed by atoms with E-state index >= 15 is 0 Å². The smallest absolute Gasteiger partial charge is 0.0960 e. The highest BCUT2D eigenvalue weighted by molar-refractivity contribution is 7.99. The maximum Gasteiger partial charge on any atom is 0.0960 e. The predicted octanol–water partition coefficient (Wildman–Crippen LogP) is 1.91. The minimum Gasteiger partial charge on any atom is -0.396 e. The van der Waals surface area contributed by atoms with E-state index < -0.39 is 0 Å². The van der Waals surface area contributed by atoms with Crippen LogP contribution in [0.2, 0.25) is 0 Å². The molecule has 0 aromatic carbocycles. The summed E-state index contributed by atoms with van der Waals surface area (Å²) in [6.45, 7) is 6.49. The predicted molar refractivity (Wildman–Crippen MR) is 68.6 cm³/mol. The summed E-state index contributed by atoms with van der Waals surface area (Å²) in [6.07, 6.45) is 1.90. The fourth-order valence-corrected chi connectivity index (χ4v) is 1.85. The number of hydrogen-bond acceptors (Lipinski definition) is 4.